The minimum Gasteiger partial charge on any atom is -0.457 e. The molecule has 0 radical (unpaired) electrons. The van der Waals surface area contributed by atoms with Crippen LogP contribution in [-0.4, -0.2) is 97.5 Å². The fourth-order valence-electron chi connectivity index (χ4n) is 6.02. The van der Waals surface area contributed by atoms with E-state index in [0.29, 0.717) is 13.0 Å². The Kier molecular flexibility index (Phi) is 27.9. The maximum atomic E-state index is 12.5. The highest BCUT2D eigenvalue weighted by Gasteiger charge is 2.48. The first-order chi connectivity index (χ1) is 23.6. The van der Waals surface area contributed by atoms with Crippen molar-refractivity contribution in [3.8, 4) is 0 Å². The van der Waals surface area contributed by atoms with E-state index in [1.807, 2.05) is 0 Å². The predicted molar refractivity (Wildman–Crippen MR) is 188 cm³/mol. The van der Waals surface area contributed by atoms with E-state index in [9.17, 15) is 28.5 Å². The normalized spacial score (nSPS) is 22.0. The summed E-state index contributed by atoms with van der Waals surface area (Å²) in [7, 11) is -5.04. The van der Waals surface area contributed by atoms with Crippen LogP contribution in [0.5, 0.6) is 0 Å². The van der Waals surface area contributed by atoms with Crippen molar-refractivity contribution < 1.29 is 56.2 Å². The number of esters is 1. The predicted octanol–water partition coefficient (Wildman–Crippen LogP) is 6.57. The molecule has 6 unspecified atom stereocenters. The van der Waals surface area contributed by atoms with Crippen LogP contribution in [0.2, 0.25) is 0 Å². The molecule has 0 bridgehead atoms. The van der Waals surface area contributed by atoms with E-state index in [1.165, 1.54) is 96.3 Å². The monoisotopic (exact) mass is 726 g/mol. The first kappa shape index (κ1) is 46.1. The number of carbonyl (C=O) groups excluding carboxylic acids is 1. The summed E-state index contributed by atoms with van der Waals surface area (Å²) in [4.78, 5) is 12.5. The molecule has 1 saturated heterocycles. The van der Waals surface area contributed by atoms with E-state index < -0.39 is 59.8 Å². The molecule has 49 heavy (non-hydrogen) atoms. The van der Waals surface area contributed by atoms with Crippen molar-refractivity contribution in [3.63, 3.8) is 0 Å². The molecule has 4 N–H and O–H groups in total. The van der Waals surface area contributed by atoms with Crippen LogP contribution in [0.1, 0.15) is 162 Å². The van der Waals surface area contributed by atoms with Crippen LogP contribution in [0.25, 0.3) is 0 Å². The van der Waals surface area contributed by atoms with Crippen molar-refractivity contribution in [2.45, 2.75) is 198 Å². The highest BCUT2D eigenvalue weighted by atomic mass is 32.3. The number of hydrogen-bond donors (Lipinski definition) is 4. The summed E-state index contributed by atoms with van der Waals surface area (Å²) < 4.78 is 58.4. The van der Waals surface area contributed by atoms with E-state index in [2.05, 4.69) is 18.0 Å². The quantitative estimate of drug-likeness (QED) is 0.0325. The Morgan fingerprint density at radius 1 is 0.694 bits per heavy atom. The largest absolute Gasteiger partial charge is 0.457 e. The number of aliphatic hydroxyl groups excluding tert-OH is 3. The molecule has 12 nitrogen and oxygen atoms in total. The topological polar surface area (TPSA) is 178 Å². The summed E-state index contributed by atoms with van der Waals surface area (Å²) >= 11 is 0. The van der Waals surface area contributed by atoms with Crippen LogP contribution in [-0.2, 0) is 38.3 Å². The molecule has 1 aliphatic rings. The van der Waals surface area contributed by atoms with Crippen molar-refractivity contribution in [2.24, 2.45) is 0 Å². The Labute approximate surface area is 296 Å². The Morgan fingerprint density at radius 3 is 1.63 bits per heavy atom. The Hall–Kier alpha value is -0.900. The summed E-state index contributed by atoms with van der Waals surface area (Å²) in [5.74, 6) is -0.414. The van der Waals surface area contributed by atoms with E-state index in [-0.39, 0.29) is 19.6 Å². The number of unbranched alkanes of at least 4 members (excludes halogenated alkanes) is 20. The van der Waals surface area contributed by atoms with E-state index in [1.54, 1.807) is 0 Å². The number of ether oxygens (including phenoxy) is 4. The number of carbonyl (C=O) groups is 1. The molecule has 0 aromatic rings. The molecule has 0 aliphatic carbocycles. The van der Waals surface area contributed by atoms with Crippen LogP contribution < -0.4 is 0 Å². The van der Waals surface area contributed by atoms with Gasteiger partial charge in [0.05, 0.1) is 19.8 Å². The van der Waals surface area contributed by atoms with Gasteiger partial charge in [-0.2, -0.15) is 8.42 Å². The van der Waals surface area contributed by atoms with Gasteiger partial charge in [-0.25, -0.2) is 4.18 Å². The molecule has 0 aromatic carbocycles. The van der Waals surface area contributed by atoms with Crippen molar-refractivity contribution in [2.75, 3.05) is 26.4 Å². The molecule has 0 spiro atoms. The average Bonchev–Trinajstić information content (AvgIpc) is 3.06. The first-order valence-corrected chi connectivity index (χ1v) is 20.7. The van der Waals surface area contributed by atoms with Gasteiger partial charge in [-0.15, -0.1) is 0 Å². The van der Waals surface area contributed by atoms with E-state index in [0.717, 1.165) is 38.5 Å². The standard InChI is InChI=1S/C36H70O12S/c1-3-5-7-9-10-11-12-13-14-15-16-17-18-19-20-21-22-24-26-44-28-30(46-32(38)25-23-8-6-4-2)29-45-36-34(40)35(48-49(41,42)43)33(39)31(27-37)47-36/h30-31,33-37,39-40H,3-29H2,1-2H3,(H,41,42,43). The van der Waals surface area contributed by atoms with Gasteiger partial charge in [0.1, 0.15) is 30.5 Å². The molecule has 1 heterocycles. The molecule has 292 valence electrons. The van der Waals surface area contributed by atoms with Crippen molar-refractivity contribution in [3.05, 3.63) is 0 Å². The van der Waals surface area contributed by atoms with Crippen LogP contribution in [0.4, 0.5) is 0 Å². The third-order valence-corrected chi connectivity index (χ3v) is 9.44. The summed E-state index contributed by atoms with van der Waals surface area (Å²) in [6.07, 6.45) is 17.9. The van der Waals surface area contributed by atoms with Gasteiger partial charge in [0, 0.05) is 13.0 Å². The Balaban J connectivity index is 2.32. The third kappa shape index (κ3) is 24.1. The molecule has 1 fully saturated rings. The zero-order valence-corrected chi connectivity index (χ0v) is 31.3. The number of hydrogen-bond acceptors (Lipinski definition) is 11. The summed E-state index contributed by atoms with van der Waals surface area (Å²) in [5.41, 5.74) is 0. The fraction of sp³-hybridized carbons (Fsp3) is 0.972. The average molecular weight is 727 g/mol. The summed E-state index contributed by atoms with van der Waals surface area (Å²) in [6, 6.07) is 0. The van der Waals surface area contributed by atoms with Gasteiger partial charge in [-0.1, -0.05) is 142 Å². The zero-order chi connectivity index (χ0) is 36.2. The Bertz CT molecular complexity index is 889. The molecular weight excluding hydrogens is 656 g/mol. The second-order valence-corrected chi connectivity index (χ2v) is 14.6. The SMILES string of the molecule is CCCCCCCCCCCCCCCCCCCCOCC(COC1OC(CO)C(O)C(OS(=O)(=O)O)C1O)OC(=O)CCCCCC. The van der Waals surface area contributed by atoms with Crippen LogP contribution in [0, 0.1) is 0 Å². The lowest BCUT2D eigenvalue weighted by molar-refractivity contribution is -0.301. The summed E-state index contributed by atoms with van der Waals surface area (Å²) in [5, 5.41) is 30.3. The minimum absolute atomic E-state index is 0.0411. The minimum atomic E-state index is -5.04. The number of rotatable bonds is 33. The van der Waals surface area contributed by atoms with E-state index >= 15 is 0 Å². The maximum Gasteiger partial charge on any atom is 0.397 e. The van der Waals surface area contributed by atoms with Gasteiger partial charge in [0.2, 0.25) is 0 Å². The number of aliphatic hydroxyl groups is 3. The van der Waals surface area contributed by atoms with Crippen molar-refractivity contribution >= 4 is 16.4 Å². The maximum absolute atomic E-state index is 12.5. The second-order valence-electron chi connectivity index (χ2n) is 13.5. The molecule has 1 rings (SSSR count). The summed E-state index contributed by atoms with van der Waals surface area (Å²) in [6.45, 7) is 3.86. The molecule has 0 saturated carbocycles. The van der Waals surface area contributed by atoms with Gasteiger partial charge in [0.15, 0.2) is 6.29 Å². The molecule has 0 amide bonds. The molecule has 6 atom stereocenters. The molecule has 0 aromatic heterocycles. The smallest absolute Gasteiger partial charge is 0.397 e. The zero-order valence-electron chi connectivity index (χ0n) is 30.5. The second kappa shape index (κ2) is 29.7. The lowest BCUT2D eigenvalue weighted by Gasteiger charge is -2.41. The van der Waals surface area contributed by atoms with Gasteiger partial charge in [0.25, 0.3) is 0 Å². The Morgan fingerprint density at radius 2 is 1.16 bits per heavy atom. The lowest BCUT2D eigenvalue weighted by Crippen LogP contribution is -2.60. The van der Waals surface area contributed by atoms with Crippen LogP contribution >= 0.6 is 0 Å². The van der Waals surface area contributed by atoms with Crippen molar-refractivity contribution in [1.29, 1.82) is 0 Å². The van der Waals surface area contributed by atoms with Gasteiger partial charge >= 0.3 is 16.4 Å². The molecule has 13 heteroatoms. The van der Waals surface area contributed by atoms with Gasteiger partial charge in [-0.05, 0) is 12.8 Å². The third-order valence-electron chi connectivity index (χ3n) is 8.98. The highest BCUT2D eigenvalue weighted by Crippen LogP contribution is 2.26. The van der Waals surface area contributed by atoms with Crippen LogP contribution in [0.3, 0.4) is 0 Å². The first-order valence-electron chi connectivity index (χ1n) is 19.3. The van der Waals surface area contributed by atoms with Crippen LogP contribution in [0.15, 0.2) is 0 Å². The van der Waals surface area contributed by atoms with Crippen molar-refractivity contribution in [1.82, 2.24) is 0 Å². The highest BCUT2D eigenvalue weighted by molar-refractivity contribution is 7.80. The fourth-order valence-corrected chi connectivity index (χ4v) is 6.53. The molecular formula is C36H70O12S. The lowest BCUT2D eigenvalue weighted by atomic mass is 9.99. The van der Waals surface area contributed by atoms with Gasteiger partial charge < -0.3 is 34.3 Å². The molecule has 1 aliphatic heterocycles. The van der Waals surface area contributed by atoms with E-state index in [4.69, 9.17) is 23.5 Å². The van der Waals surface area contributed by atoms with Gasteiger partial charge in [-0.3, -0.25) is 9.35 Å².